The first-order chi connectivity index (χ1) is 11.6. The lowest BCUT2D eigenvalue weighted by molar-refractivity contribution is 0.0695. The van der Waals surface area contributed by atoms with E-state index >= 15 is 0 Å². The quantitative estimate of drug-likeness (QED) is 0.742. The number of aryl methyl sites for hydroxylation is 1. The van der Waals surface area contributed by atoms with E-state index in [1.54, 1.807) is 12.1 Å². The molecule has 122 valence electrons. The van der Waals surface area contributed by atoms with Crippen LogP contribution in [0.1, 0.15) is 45.4 Å². The van der Waals surface area contributed by atoms with Crippen molar-refractivity contribution in [3.05, 3.63) is 75.8 Å². The second-order valence-electron chi connectivity index (χ2n) is 6.58. The van der Waals surface area contributed by atoms with E-state index in [9.17, 15) is 9.90 Å². The number of nitrogens with one attached hydrogen (secondary N) is 1. The average Bonchev–Trinajstić information content (AvgIpc) is 3.04. The number of carboxylic acid groups (broad SMARTS) is 1. The SMILES string of the molecule is Cc1cccc([C@H]2Nc3c(Cl)ccc(C(=O)O)c3[C@@H]3C=CC[C@H]23)c1. The minimum atomic E-state index is -0.905. The molecule has 4 heteroatoms. The summed E-state index contributed by atoms with van der Waals surface area (Å²) < 4.78 is 0. The summed E-state index contributed by atoms with van der Waals surface area (Å²) in [5.41, 5.74) is 4.35. The zero-order chi connectivity index (χ0) is 16.8. The Labute approximate surface area is 146 Å². The molecule has 3 atom stereocenters. The van der Waals surface area contributed by atoms with Gasteiger partial charge in [0.2, 0.25) is 0 Å². The van der Waals surface area contributed by atoms with Crippen LogP contribution in [0.2, 0.25) is 5.02 Å². The zero-order valence-corrected chi connectivity index (χ0v) is 14.0. The normalized spacial score (nSPS) is 24.2. The minimum absolute atomic E-state index is 0.0802. The Morgan fingerprint density at radius 3 is 2.88 bits per heavy atom. The summed E-state index contributed by atoms with van der Waals surface area (Å²) in [4.78, 5) is 11.7. The molecule has 0 unspecified atom stereocenters. The van der Waals surface area contributed by atoms with Crippen molar-refractivity contribution in [2.45, 2.75) is 25.3 Å². The van der Waals surface area contributed by atoms with Crippen molar-refractivity contribution < 1.29 is 9.90 Å². The van der Waals surface area contributed by atoms with Crippen LogP contribution >= 0.6 is 11.6 Å². The van der Waals surface area contributed by atoms with Gasteiger partial charge in [0.1, 0.15) is 0 Å². The number of aromatic carboxylic acids is 1. The Morgan fingerprint density at radius 2 is 2.12 bits per heavy atom. The molecule has 24 heavy (non-hydrogen) atoms. The number of carbonyl (C=O) groups is 1. The molecule has 1 heterocycles. The van der Waals surface area contributed by atoms with E-state index in [2.05, 4.69) is 48.7 Å². The van der Waals surface area contributed by atoms with E-state index in [0.717, 1.165) is 17.7 Å². The highest BCUT2D eigenvalue weighted by molar-refractivity contribution is 6.33. The third-order valence-corrected chi connectivity index (χ3v) is 5.42. The van der Waals surface area contributed by atoms with Crippen LogP contribution in [0.5, 0.6) is 0 Å². The highest BCUT2D eigenvalue weighted by Gasteiger charge is 2.40. The van der Waals surface area contributed by atoms with Gasteiger partial charge < -0.3 is 10.4 Å². The molecule has 2 aliphatic rings. The topological polar surface area (TPSA) is 49.3 Å². The molecule has 0 saturated heterocycles. The molecule has 0 bridgehead atoms. The fourth-order valence-electron chi connectivity index (χ4n) is 4.05. The Balaban J connectivity index is 1.88. The predicted molar refractivity (Wildman–Crippen MR) is 95.9 cm³/mol. The maximum absolute atomic E-state index is 11.7. The van der Waals surface area contributed by atoms with Crippen molar-refractivity contribution >= 4 is 23.3 Å². The van der Waals surface area contributed by atoms with Crippen LogP contribution in [0, 0.1) is 12.8 Å². The van der Waals surface area contributed by atoms with Crippen molar-refractivity contribution in [3.63, 3.8) is 0 Å². The summed E-state index contributed by atoms with van der Waals surface area (Å²) in [6.07, 6.45) is 5.22. The molecule has 1 aliphatic carbocycles. The highest BCUT2D eigenvalue weighted by atomic mass is 35.5. The third-order valence-electron chi connectivity index (χ3n) is 5.10. The van der Waals surface area contributed by atoms with Crippen molar-refractivity contribution in [2.24, 2.45) is 5.92 Å². The van der Waals surface area contributed by atoms with Crippen LogP contribution in [0.4, 0.5) is 5.69 Å². The molecule has 2 N–H and O–H groups in total. The molecule has 0 aromatic heterocycles. The van der Waals surface area contributed by atoms with Gasteiger partial charge in [-0.15, -0.1) is 0 Å². The van der Waals surface area contributed by atoms with Crippen molar-refractivity contribution in [1.82, 2.24) is 0 Å². The Bertz CT molecular complexity index is 859. The van der Waals surface area contributed by atoms with Gasteiger partial charge in [-0.05, 0) is 42.5 Å². The summed E-state index contributed by atoms with van der Waals surface area (Å²) in [5.74, 6) is -0.523. The maximum Gasteiger partial charge on any atom is 0.336 e. The minimum Gasteiger partial charge on any atom is -0.478 e. The van der Waals surface area contributed by atoms with Crippen LogP contribution < -0.4 is 5.32 Å². The molecule has 0 saturated carbocycles. The molecule has 2 aromatic carbocycles. The monoisotopic (exact) mass is 339 g/mol. The Morgan fingerprint density at radius 1 is 1.29 bits per heavy atom. The van der Waals surface area contributed by atoms with E-state index in [0.29, 0.717) is 16.5 Å². The smallest absolute Gasteiger partial charge is 0.336 e. The molecule has 4 rings (SSSR count). The standard InChI is InChI=1S/C20H18ClNO2/c1-11-4-2-5-12(10-11)18-14-7-3-6-13(14)17-15(20(23)24)8-9-16(21)19(17)22-18/h2-6,8-10,13-14,18,22H,7H2,1H3,(H,23,24)/t13-,14+,18-/m1/s1. The predicted octanol–water partition coefficient (Wildman–Crippen LogP) is 5.17. The van der Waals surface area contributed by atoms with Crippen molar-refractivity contribution in [3.8, 4) is 0 Å². The van der Waals surface area contributed by atoms with Crippen LogP contribution in [0.15, 0.2) is 48.6 Å². The largest absolute Gasteiger partial charge is 0.478 e. The number of benzene rings is 2. The van der Waals surface area contributed by atoms with E-state index in [1.807, 2.05) is 0 Å². The Kier molecular flexibility index (Phi) is 3.61. The van der Waals surface area contributed by atoms with Gasteiger partial charge in [-0.25, -0.2) is 4.79 Å². The van der Waals surface area contributed by atoms with Crippen LogP contribution in [0.25, 0.3) is 0 Å². The summed E-state index contributed by atoms with van der Waals surface area (Å²) >= 11 is 6.41. The van der Waals surface area contributed by atoms with Crippen LogP contribution in [-0.4, -0.2) is 11.1 Å². The lowest BCUT2D eigenvalue weighted by Crippen LogP contribution is -2.30. The van der Waals surface area contributed by atoms with Crippen LogP contribution in [-0.2, 0) is 0 Å². The van der Waals surface area contributed by atoms with E-state index < -0.39 is 5.97 Å². The van der Waals surface area contributed by atoms with Gasteiger partial charge in [-0.1, -0.05) is 53.6 Å². The number of hydrogen-bond donors (Lipinski definition) is 2. The molecular formula is C20H18ClNO2. The number of fused-ring (bicyclic) bond motifs is 3. The summed E-state index contributed by atoms with van der Waals surface area (Å²) in [6, 6.07) is 11.9. The molecule has 1 aliphatic heterocycles. The number of halogens is 1. The molecule has 0 spiro atoms. The average molecular weight is 340 g/mol. The first-order valence-electron chi connectivity index (χ1n) is 8.11. The van der Waals surface area contributed by atoms with Crippen molar-refractivity contribution in [2.75, 3.05) is 5.32 Å². The fourth-order valence-corrected chi connectivity index (χ4v) is 4.27. The van der Waals surface area contributed by atoms with Gasteiger partial charge in [0, 0.05) is 5.92 Å². The number of hydrogen-bond acceptors (Lipinski definition) is 2. The van der Waals surface area contributed by atoms with Gasteiger partial charge in [-0.3, -0.25) is 0 Å². The third kappa shape index (κ3) is 2.31. The fraction of sp³-hybridized carbons (Fsp3) is 0.250. The second-order valence-corrected chi connectivity index (χ2v) is 6.99. The summed E-state index contributed by atoms with van der Waals surface area (Å²) in [7, 11) is 0. The number of rotatable bonds is 2. The molecule has 0 fully saturated rings. The first-order valence-corrected chi connectivity index (χ1v) is 8.49. The molecule has 2 aromatic rings. The maximum atomic E-state index is 11.7. The highest BCUT2D eigenvalue weighted by Crippen LogP contribution is 2.52. The van der Waals surface area contributed by atoms with Gasteiger partial charge in [0.25, 0.3) is 0 Å². The number of carboxylic acids is 1. The molecule has 3 nitrogen and oxygen atoms in total. The summed E-state index contributed by atoms with van der Waals surface area (Å²) in [5, 5.41) is 13.7. The van der Waals surface area contributed by atoms with Crippen LogP contribution in [0.3, 0.4) is 0 Å². The summed E-state index contributed by atoms with van der Waals surface area (Å²) in [6.45, 7) is 2.08. The van der Waals surface area contributed by atoms with E-state index in [-0.39, 0.29) is 12.0 Å². The van der Waals surface area contributed by atoms with Gasteiger partial charge in [-0.2, -0.15) is 0 Å². The zero-order valence-electron chi connectivity index (χ0n) is 13.3. The second kappa shape index (κ2) is 5.67. The van der Waals surface area contributed by atoms with Gasteiger partial charge in [0.05, 0.1) is 22.3 Å². The lowest BCUT2D eigenvalue weighted by Gasteiger charge is -2.38. The molecule has 0 amide bonds. The Hall–Kier alpha value is -2.26. The molecular weight excluding hydrogens is 322 g/mol. The number of anilines is 1. The van der Waals surface area contributed by atoms with Gasteiger partial charge >= 0.3 is 5.97 Å². The molecule has 0 radical (unpaired) electrons. The van der Waals surface area contributed by atoms with E-state index in [1.165, 1.54) is 11.1 Å². The van der Waals surface area contributed by atoms with Crippen molar-refractivity contribution in [1.29, 1.82) is 0 Å². The van der Waals surface area contributed by atoms with E-state index in [4.69, 9.17) is 11.6 Å². The first kappa shape index (κ1) is 15.3. The van der Waals surface area contributed by atoms with Gasteiger partial charge in [0.15, 0.2) is 0 Å². The number of allylic oxidation sites excluding steroid dienone is 2. The lowest BCUT2D eigenvalue weighted by atomic mass is 9.75.